The Bertz CT molecular complexity index is 490. The molecule has 0 aromatic heterocycles. The van der Waals surface area contributed by atoms with Crippen LogP contribution in [-0.2, 0) is 4.79 Å². The van der Waals surface area contributed by atoms with Gasteiger partial charge in [-0.25, -0.2) is 8.78 Å². The molecule has 0 aliphatic carbocycles. The van der Waals surface area contributed by atoms with Crippen LogP contribution in [0.4, 0.5) is 22.0 Å². The van der Waals surface area contributed by atoms with Gasteiger partial charge in [0.15, 0.2) is 11.6 Å². The van der Waals surface area contributed by atoms with Gasteiger partial charge in [0, 0.05) is 6.54 Å². The number of carbonyl (C=O) groups is 1. The molecule has 0 heterocycles. The van der Waals surface area contributed by atoms with Crippen LogP contribution < -0.4 is 10.6 Å². The van der Waals surface area contributed by atoms with Crippen molar-refractivity contribution in [1.29, 1.82) is 0 Å². The Labute approximate surface area is 118 Å². The van der Waals surface area contributed by atoms with Gasteiger partial charge in [-0.15, -0.1) is 0 Å². The van der Waals surface area contributed by atoms with E-state index in [-0.39, 0.29) is 12.5 Å². The summed E-state index contributed by atoms with van der Waals surface area (Å²) in [6.07, 6.45) is -4.38. The first-order chi connectivity index (χ1) is 9.69. The summed E-state index contributed by atoms with van der Waals surface area (Å²) in [7, 11) is 0. The third-order valence-corrected chi connectivity index (χ3v) is 2.73. The van der Waals surface area contributed by atoms with E-state index in [1.807, 2.05) is 5.32 Å². The van der Waals surface area contributed by atoms with Gasteiger partial charge < -0.3 is 10.6 Å². The molecule has 0 aliphatic heterocycles. The summed E-state index contributed by atoms with van der Waals surface area (Å²) in [5.41, 5.74) is 0.484. The van der Waals surface area contributed by atoms with Crippen molar-refractivity contribution >= 4 is 5.91 Å². The molecule has 1 atom stereocenters. The zero-order chi connectivity index (χ0) is 16.0. The van der Waals surface area contributed by atoms with Crippen molar-refractivity contribution in [2.45, 2.75) is 19.0 Å². The van der Waals surface area contributed by atoms with E-state index in [4.69, 9.17) is 0 Å². The molecule has 118 valence electrons. The minimum atomic E-state index is -4.38. The molecule has 1 aromatic carbocycles. The highest BCUT2D eigenvalue weighted by atomic mass is 19.4. The lowest BCUT2D eigenvalue weighted by molar-refractivity contribution is -0.128. The van der Waals surface area contributed by atoms with Crippen molar-refractivity contribution in [1.82, 2.24) is 10.6 Å². The minimum absolute atomic E-state index is 0.109. The second-order valence-electron chi connectivity index (χ2n) is 4.60. The van der Waals surface area contributed by atoms with Crippen molar-refractivity contribution in [3.63, 3.8) is 0 Å². The molecule has 1 rings (SSSR count). The van der Waals surface area contributed by atoms with Crippen molar-refractivity contribution < 1.29 is 26.7 Å². The van der Waals surface area contributed by atoms with Crippen molar-refractivity contribution in [3.8, 4) is 0 Å². The van der Waals surface area contributed by atoms with E-state index >= 15 is 0 Å². The van der Waals surface area contributed by atoms with Crippen molar-refractivity contribution in [2.24, 2.45) is 0 Å². The lowest BCUT2D eigenvalue weighted by Gasteiger charge is -2.14. The molecule has 1 amide bonds. The second-order valence-corrected chi connectivity index (χ2v) is 4.60. The maximum Gasteiger partial charge on any atom is 0.401 e. The SMILES string of the molecule is CC(CNC(=O)CNCC(F)(F)F)c1ccc(F)c(F)c1. The van der Waals surface area contributed by atoms with E-state index in [0.29, 0.717) is 5.56 Å². The Morgan fingerprint density at radius 1 is 1.24 bits per heavy atom. The van der Waals surface area contributed by atoms with Gasteiger partial charge in [-0.3, -0.25) is 4.79 Å². The lowest BCUT2D eigenvalue weighted by Crippen LogP contribution is -2.39. The highest BCUT2D eigenvalue weighted by Crippen LogP contribution is 2.17. The van der Waals surface area contributed by atoms with Gasteiger partial charge >= 0.3 is 6.18 Å². The first-order valence-electron chi connectivity index (χ1n) is 6.18. The fourth-order valence-corrected chi connectivity index (χ4v) is 1.58. The minimum Gasteiger partial charge on any atom is -0.354 e. The highest BCUT2D eigenvalue weighted by Gasteiger charge is 2.26. The normalized spacial score (nSPS) is 13.0. The van der Waals surface area contributed by atoms with Gasteiger partial charge in [0.05, 0.1) is 13.1 Å². The molecular weight excluding hydrogens is 295 g/mol. The number of hydrogen-bond donors (Lipinski definition) is 2. The smallest absolute Gasteiger partial charge is 0.354 e. The number of rotatable bonds is 6. The van der Waals surface area contributed by atoms with Crippen LogP contribution in [0, 0.1) is 11.6 Å². The van der Waals surface area contributed by atoms with Gasteiger partial charge in [0.2, 0.25) is 5.91 Å². The highest BCUT2D eigenvalue weighted by molar-refractivity contribution is 5.78. The van der Waals surface area contributed by atoms with Crippen LogP contribution in [0.5, 0.6) is 0 Å². The maximum absolute atomic E-state index is 13.0. The van der Waals surface area contributed by atoms with Crippen LogP contribution in [0.25, 0.3) is 0 Å². The quantitative estimate of drug-likeness (QED) is 0.792. The summed E-state index contributed by atoms with van der Waals surface area (Å²) >= 11 is 0. The van der Waals surface area contributed by atoms with E-state index in [0.717, 1.165) is 12.1 Å². The number of hydrogen-bond acceptors (Lipinski definition) is 2. The standard InChI is InChI=1S/C13H15F5N2O/c1-8(9-2-3-10(14)11(15)4-9)5-20-12(21)6-19-7-13(16,17)18/h2-4,8,19H,5-7H2,1H3,(H,20,21). The topological polar surface area (TPSA) is 41.1 Å². The van der Waals surface area contributed by atoms with Crippen LogP contribution in [-0.4, -0.2) is 31.7 Å². The average Bonchev–Trinajstić information content (AvgIpc) is 2.37. The summed E-state index contributed by atoms with van der Waals surface area (Å²) in [6.45, 7) is 0.0663. The molecule has 0 bridgehead atoms. The van der Waals surface area contributed by atoms with Crippen LogP contribution in [0.2, 0.25) is 0 Å². The Kier molecular flexibility index (Phi) is 6.07. The first kappa shape index (κ1) is 17.4. The monoisotopic (exact) mass is 310 g/mol. The third kappa shape index (κ3) is 6.52. The van der Waals surface area contributed by atoms with E-state index in [1.165, 1.54) is 6.07 Å². The summed E-state index contributed by atoms with van der Waals surface area (Å²) in [5, 5.41) is 4.37. The Morgan fingerprint density at radius 3 is 2.48 bits per heavy atom. The van der Waals surface area contributed by atoms with Crippen molar-refractivity contribution in [3.05, 3.63) is 35.4 Å². The zero-order valence-electron chi connectivity index (χ0n) is 11.2. The summed E-state index contributed by atoms with van der Waals surface area (Å²) in [6, 6.07) is 3.39. The molecule has 1 aromatic rings. The molecule has 8 heteroatoms. The molecule has 2 N–H and O–H groups in total. The Hall–Kier alpha value is -1.70. The largest absolute Gasteiger partial charge is 0.401 e. The molecule has 0 fully saturated rings. The lowest BCUT2D eigenvalue weighted by atomic mass is 10.0. The third-order valence-electron chi connectivity index (χ3n) is 2.73. The van der Waals surface area contributed by atoms with Gasteiger partial charge in [0.25, 0.3) is 0 Å². The van der Waals surface area contributed by atoms with Crippen LogP contribution in [0.15, 0.2) is 18.2 Å². The maximum atomic E-state index is 13.0. The molecule has 3 nitrogen and oxygen atoms in total. The molecule has 1 unspecified atom stereocenters. The first-order valence-corrected chi connectivity index (χ1v) is 6.18. The molecular formula is C13H15F5N2O. The van der Waals surface area contributed by atoms with Gasteiger partial charge in [0.1, 0.15) is 0 Å². The van der Waals surface area contributed by atoms with E-state index < -0.39 is 36.8 Å². The Balaban J connectivity index is 2.36. The fraction of sp³-hybridized carbons (Fsp3) is 0.462. The number of benzene rings is 1. The summed E-state index contributed by atoms with van der Waals surface area (Å²) in [4.78, 5) is 11.3. The van der Waals surface area contributed by atoms with E-state index in [1.54, 1.807) is 6.92 Å². The molecule has 0 radical (unpaired) electrons. The van der Waals surface area contributed by atoms with Gasteiger partial charge in [-0.1, -0.05) is 13.0 Å². The Morgan fingerprint density at radius 2 is 1.90 bits per heavy atom. The van der Waals surface area contributed by atoms with E-state index in [2.05, 4.69) is 5.32 Å². The number of amides is 1. The van der Waals surface area contributed by atoms with E-state index in [9.17, 15) is 26.7 Å². The summed E-state index contributed by atoms with van der Waals surface area (Å²) in [5.74, 6) is -2.86. The van der Waals surface area contributed by atoms with Gasteiger partial charge in [-0.05, 0) is 23.6 Å². The van der Waals surface area contributed by atoms with Gasteiger partial charge in [-0.2, -0.15) is 13.2 Å². The number of carbonyl (C=O) groups excluding carboxylic acids is 1. The molecule has 0 saturated carbocycles. The summed E-state index contributed by atoms with van der Waals surface area (Å²) < 4.78 is 61.4. The predicted octanol–water partition coefficient (Wildman–Crippen LogP) is 2.34. The van der Waals surface area contributed by atoms with Crippen molar-refractivity contribution in [2.75, 3.05) is 19.6 Å². The van der Waals surface area contributed by atoms with Crippen LogP contribution >= 0.6 is 0 Å². The van der Waals surface area contributed by atoms with Crippen LogP contribution in [0.1, 0.15) is 18.4 Å². The fourth-order valence-electron chi connectivity index (χ4n) is 1.58. The average molecular weight is 310 g/mol. The number of alkyl halides is 3. The van der Waals surface area contributed by atoms with Crippen LogP contribution in [0.3, 0.4) is 0 Å². The zero-order valence-corrected chi connectivity index (χ0v) is 11.2. The molecule has 0 spiro atoms. The molecule has 0 saturated heterocycles. The number of nitrogens with one attached hydrogen (secondary N) is 2. The molecule has 0 aliphatic rings. The predicted molar refractivity (Wildman–Crippen MR) is 66.7 cm³/mol. The molecule has 21 heavy (non-hydrogen) atoms. The second kappa shape index (κ2) is 7.35. The number of halogens is 5.